The van der Waals surface area contributed by atoms with E-state index in [0.29, 0.717) is 6.54 Å². The van der Waals surface area contributed by atoms with Crippen LogP contribution < -0.4 is 10.1 Å². The van der Waals surface area contributed by atoms with E-state index in [2.05, 4.69) is 27.3 Å². The topological polar surface area (TPSA) is 71.5 Å². The molecule has 2 aromatic rings. The summed E-state index contributed by atoms with van der Waals surface area (Å²) in [7, 11) is 1.66. The summed E-state index contributed by atoms with van der Waals surface area (Å²) in [6.45, 7) is 2.75. The van der Waals surface area contributed by atoms with Gasteiger partial charge in [-0.05, 0) is 55.0 Å². The van der Waals surface area contributed by atoms with Gasteiger partial charge in [0.25, 0.3) is 0 Å². The molecule has 1 N–H and O–H groups in total. The summed E-state index contributed by atoms with van der Waals surface area (Å²) in [5.74, 6) is 0.991. The fourth-order valence-electron chi connectivity index (χ4n) is 5.07. The summed E-state index contributed by atoms with van der Waals surface area (Å²) in [6, 6.07) is 12.0. The molecule has 0 unspecified atom stereocenters. The lowest BCUT2D eigenvalue weighted by atomic mass is 9.77. The molecular formula is C25H31N3O3. The maximum Gasteiger partial charge on any atom is 0.233 e. The van der Waals surface area contributed by atoms with Crippen LogP contribution in [0, 0.1) is 0 Å². The quantitative estimate of drug-likeness (QED) is 0.768. The molecule has 6 nitrogen and oxygen atoms in total. The van der Waals surface area contributed by atoms with Crippen LogP contribution in [-0.2, 0) is 21.5 Å². The Hall–Kier alpha value is -2.89. The molecule has 0 bridgehead atoms. The molecule has 1 aliphatic heterocycles. The highest BCUT2D eigenvalue weighted by Gasteiger charge is 2.47. The average Bonchev–Trinajstić information content (AvgIpc) is 3.48. The van der Waals surface area contributed by atoms with Crippen molar-refractivity contribution in [2.45, 2.75) is 63.5 Å². The number of benzene rings is 1. The molecule has 1 atom stereocenters. The van der Waals surface area contributed by atoms with E-state index in [1.165, 1.54) is 6.92 Å². The fraction of sp³-hybridized carbons (Fsp3) is 0.480. The van der Waals surface area contributed by atoms with Crippen molar-refractivity contribution >= 4 is 11.8 Å². The van der Waals surface area contributed by atoms with Gasteiger partial charge in [0.1, 0.15) is 5.75 Å². The number of methoxy groups -OCH3 is 1. The molecule has 0 radical (unpaired) electrons. The molecule has 2 aliphatic rings. The number of carbonyl (C=O) groups excluding carboxylic acids is 2. The van der Waals surface area contributed by atoms with Gasteiger partial charge in [-0.15, -0.1) is 0 Å². The van der Waals surface area contributed by atoms with Crippen molar-refractivity contribution in [2.75, 3.05) is 13.7 Å². The van der Waals surface area contributed by atoms with Crippen molar-refractivity contribution in [3.63, 3.8) is 0 Å². The molecular weight excluding hydrogens is 390 g/mol. The summed E-state index contributed by atoms with van der Waals surface area (Å²) in [5.41, 5.74) is 2.54. The van der Waals surface area contributed by atoms with Crippen molar-refractivity contribution in [3.05, 3.63) is 59.4 Å². The number of aromatic nitrogens is 1. The van der Waals surface area contributed by atoms with Gasteiger partial charge in [0, 0.05) is 26.2 Å². The van der Waals surface area contributed by atoms with Crippen LogP contribution in [0.1, 0.15) is 68.3 Å². The van der Waals surface area contributed by atoms with Crippen LogP contribution in [0.25, 0.3) is 0 Å². The molecule has 4 rings (SSSR count). The molecule has 164 valence electrons. The molecule has 2 fully saturated rings. The first-order chi connectivity index (χ1) is 15.0. The largest absolute Gasteiger partial charge is 0.497 e. The van der Waals surface area contributed by atoms with Crippen LogP contribution in [0.5, 0.6) is 5.75 Å². The molecule has 2 heterocycles. The highest BCUT2D eigenvalue weighted by Crippen LogP contribution is 2.45. The highest BCUT2D eigenvalue weighted by atomic mass is 16.5. The molecule has 2 amide bonds. The smallest absolute Gasteiger partial charge is 0.233 e. The van der Waals surface area contributed by atoms with Crippen LogP contribution in [0.15, 0.2) is 42.6 Å². The number of nitrogens with zero attached hydrogens (tertiary/aromatic N) is 2. The Bertz CT molecular complexity index is 918. The van der Waals surface area contributed by atoms with Crippen molar-refractivity contribution in [1.82, 2.24) is 15.2 Å². The van der Waals surface area contributed by atoms with Gasteiger partial charge < -0.3 is 15.0 Å². The minimum atomic E-state index is -0.444. The van der Waals surface area contributed by atoms with Gasteiger partial charge in [-0.3, -0.25) is 14.6 Å². The zero-order chi connectivity index (χ0) is 21.8. The number of amides is 2. The van der Waals surface area contributed by atoms with E-state index in [1.54, 1.807) is 13.3 Å². The standard InChI is InChI=1S/C25H31N3O3/c1-18(29)26-16-19-7-12-22(27-17-19)23-6-5-15-28(23)24(30)25(13-3-4-14-25)20-8-10-21(31-2)11-9-20/h7-12,17,23H,3-6,13-16H2,1-2H3,(H,26,29)/t23-/m1/s1. The van der Waals surface area contributed by atoms with Crippen molar-refractivity contribution in [3.8, 4) is 5.75 Å². The first-order valence-corrected chi connectivity index (χ1v) is 11.2. The van der Waals surface area contributed by atoms with E-state index in [4.69, 9.17) is 4.74 Å². The molecule has 1 aliphatic carbocycles. The van der Waals surface area contributed by atoms with Gasteiger partial charge in [-0.1, -0.05) is 31.0 Å². The lowest BCUT2D eigenvalue weighted by Crippen LogP contribution is -2.45. The van der Waals surface area contributed by atoms with Crippen LogP contribution in [0.3, 0.4) is 0 Å². The van der Waals surface area contributed by atoms with Gasteiger partial charge in [0.15, 0.2) is 0 Å². The predicted molar refractivity (Wildman–Crippen MR) is 119 cm³/mol. The molecule has 1 saturated heterocycles. The summed E-state index contributed by atoms with van der Waals surface area (Å²) in [4.78, 5) is 31.8. The Morgan fingerprint density at radius 3 is 2.48 bits per heavy atom. The number of pyridine rings is 1. The van der Waals surface area contributed by atoms with Gasteiger partial charge in [-0.25, -0.2) is 0 Å². The van der Waals surface area contributed by atoms with Crippen molar-refractivity contribution in [2.24, 2.45) is 0 Å². The third kappa shape index (κ3) is 4.29. The number of likely N-dealkylation sites (tertiary alicyclic amines) is 1. The van der Waals surface area contributed by atoms with E-state index in [1.807, 2.05) is 24.3 Å². The Labute approximate surface area is 184 Å². The SMILES string of the molecule is COc1ccc(C2(C(=O)N3CCC[C@@H]3c3ccc(CNC(C)=O)cn3)CCCC2)cc1. The molecule has 1 saturated carbocycles. The van der Waals surface area contributed by atoms with Gasteiger partial charge in [0.05, 0.1) is 24.3 Å². The first-order valence-electron chi connectivity index (χ1n) is 11.2. The molecule has 6 heteroatoms. The monoisotopic (exact) mass is 421 g/mol. The summed E-state index contributed by atoms with van der Waals surface area (Å²) >= 11 is 0. The summed E-state index contributed by atoms with van der Waals surface area (Å²) < 4.78 is 5.31. The average molecular weight is 422 g/mol. The van der Waals surface area contributed by atoms with E-state index in [-0.39, 0.29) is 17.9 Å². The fourth-order valence-corrected chi connectivity index (χ4v) is 5.07. The number of carbonyl (C=O) groups is 2. The second-order valence-corrected chi connectivity index (χ2v) is 8.68. The molecule has 31 heavy (non-hydrogen) atoms. The number of rotatable bonds is 6. The minimum absolute atomic E-state index is 0.0121. The minimum Gasteiger partial charge on any atom is -0.497 e. The van der Waals surface area contributed by atoms with Crippen molar-refractivity contribution < 1.29 is 14.3 Å². The molecule has 0 spiro atoms. The highest BCUT2D eigenvalue weighted by molar-refractivity contribution is 5.89. The van der Waals surface area contributed by atoms with Gasteiger partial charge >= 0.3 is 0 Å². The number of hydrogen-bond acceptors (Lipinski definition) is 4. The van der Waals surface area contributed by atoms with Crippen LogP contribution in [0.2, 0.25) is 0 Å². The predicted octanol–water partition coefficient (Wildman–Crippen LogP) is 3.90. The van der Waals surface area contributed by atoms with Crippen LogP contribution in [-0.4, -0.2) is 35.4 Å². The zero-order valence-corrected chi connectivity index (χ0v) is 18.4. The van der Waals surface area contributed by atoms with Crippen molar-refractivity contribution in [1.29, 1.82) is 0 Å². The lowest BCUT2D eigenvalue weighted by Gasteiger charge is -2.36. The number of nitrogens with one attached hydrogen (secondary N) is 1. The molecule has 1 aromatic heterocycles. The summed E-state index contributed by atoms with van der Waals surface area (Å²) in [6.07, 6.45) is 7.67. The van der Waals surface area contributed by atoms with Crippen LogP contribution in [0.4, 0.5) is 0 Å². The zero-order valence-electron chi connectivity index (χ0n) is 18.4. The lowest BCUT2D eigenvalue weighted by molar-refractivity contribution is -0.138. The van der Waals surface area contributed by atoms with E-state index in [9.17, 15) is 9.59 Å². The Kier molecular flexibility index (Phi) is 6.25. The van der Waals surface area contributed by atoms with E-state index < -0.39 is 5.41 Å². The second-order valence-electron chi connectivity index (χ2n) is 8.68. The maximum absolute atomic E-state index is 14.0. The maximum atomic E-state index is 14.0. The summed E-state index contributed by atoms with van der Waals surface area (Å²) in [5, 5.41) is 2.79. The third-order valence-corrected chi connectivity index (χ3v) is 6.75. The van der Waals surface area contributed by atoms with Crippen LogP contribution >= 0.6 is 0 Å². The Morgan fingerprint density at radius 2 is 1.87 bits per heavy atom. The van der Waals surface area contributed by atoms with Gasteiger partial charge in [-0.2, -0.15) is 0 Å². The number of hydrogen-bond donors (Lipinski definition) is 1. The first kappa shape index (κ1) is 21.3. The normalized spacial score (nSPS) is 19.9. The third-order valence-electron chi connectivity index (χ3n) is 6.75. The Morgan fingerprint density at radius 1 is 1.13 bits per heavy atom. The second kappa shape index (κ2) is 9.08. The van der Waals surface area contributed by atoms with E-state index in [0.717, 1.165) is 67.6 Å². The Balaban J connectivity index is 1.56. The van der Waals surface area contributed by atoms with Gasteiger partial charge in [0.2, 0.25) is 11.8 Å². The molecule has 1 aromatic carbocycles. The number of ether oxygens (including phenoxy) is 1. The van der Waals surface area contributed by atoms with E-state index >= 15 is 0 Å².